The molecule has 0 spiro atoms. The zero-order valence-electron chi connectivity index (χ0n) is 28.4. The number of carbonyl (C=O) groups excluding carboxylic acids is 2. The summed E-state index contributed by atoms with van der Waals surface area (Å²) in [5.74, 6) is 1.11. The molecule has 0 saturated heterocycles. The van der Waals surface area contributed by atoms with Crippen molar-refractivity contribution in [2.75, 3.05) is 32.7 Å². The monoisotopic (exact) mass is 666 g/mol. The molecule has 0 fully saturated rings. The van der Waals surface area contributed by atoms with Gasteiger partial charge in [-0.3, -0.25) is 9.59 Å². The van der Waals surface area contributed by atoms with E-state index in [1.54, 1.807) is 31.3 Å². The van der Waals surface area contributed by atoms with E-state index in [0.717, 1.165) is 16.9 Å². The number of methoxy groups -OCH3 is 2. The van der Waals surface area contributed by atoms with Gasteiger partial charge in [0.15, 0.2) is 0 Å². The summed E-state index contributed by atoms with van der Waals surface area (Å²) in [5, 5.41) is 14.1. The van der Waals surface area contributed by atoms with E-state index in [-0.39, 0.29) is 55.1 Å². The Kier molecular flexibility index (Phi) is 11.4. The summed E-state index contributed by atoms with van der Waals surface area (Å²) in [6.07, 6.45) is -0.416. The first-order valence-electron chi connectivity index (χ1n) is 16.4. The van der Waals surface area contributed by atoms with Gasteiger partial charge in [0, 0.05) is 54.9 Å². The summed E-state index contributed by atoms with van der Waals surface area (Å²) in [6.45, 7) is 7.22. The Morgan fingerprint density at radius 3 is 2.23 bits per heavy atom. The van der Waals surface area contributed by atoms with E-state index in [1.165, 1.54) is 5.19 Å². The maximum Gasteiger partial charge on any atom is 0.255 e. The standard InChI is InChI=1S/C39H46N2O6Si/c1-27-37(46-3)33-24-30(40-39(44)29-14-10-7-11-15-29)16-21-34(33)47-38(27)35(48(4,5)32-19-17-31(45-2)18-20-32)25-36(43)41(22-23-42)26-28-12-8-6-9-13-28/h6-21,24,27,35,37-38,42H,22-23,25-26H2,1-5H3,(H,40,44)/t27-,35?,37-,38-/m1/s1. The van der Waals surface area contributed by atoms with Crippen LogP contribution in [0.5, 0.6) is 11.5 Å². The molecule has 2 N–H and O–H groups in total. The number of nitrogens with one attached hydrogen (secondary N) is 1. The van der Waals surface area contributed by atoms with Crippen molar-refractivity contribution in [3.63, 3.8) is 0 Å². The summed E-state index contributed by atoms with van der Waals surface area (Å²) >= 11 is 0. The molecule has 5 rings (SSSR count). The van der Waals surface area contributed by atoms with Crippen LogP contribution in [0.1, 0.15) is 40.9 Å². The number of hydrogen-bond donors (Lipinski definition) is 2. The lowest BCUT2D eigenvalue weighted by molar-refractivity contribution is -0.133. The van der Waals surface area contributed by atoms with Gasteiger partial charge >= 0.3 is 0 Å². The van der Waals surface area contributed by atoms with Gasteiger partial charge in [0.05, 0.1) is 27.9 Å². The van der Waals surface area contributed by atoms with Crippen LogP contribution < -0.4 is 20.0 Å². The van der Waals surface area contributed by atoms with Gasteiger partial charge in [0.25, 0.3) is 5.91 Å². The third-order valence-electron chi connectivity index (χ3n) is 9.61. The predicted octanol–water partition coefficient (Wildman–Crippen LogP) is 6.43. The molecule has 0 aromatic heterocycles. The molecule has 4 aromatic carbocycles. The topological polar surface area (TPSA) is 97.3 Å². The molecular formula is C39H46N2O6Si. The average molecular weight is 667 g/mol. The van der Waals surface area contributed by atoms with E-state index in [1.807, 2.05) is 78.9 Å². The van der Waals surface area contributed by atoms with Gasteiger partial charge in [0.2, 0.25) is 5.91 Å². The Bertz CT molecular complexity index is 1670. The average Bonchev–Trinajstić information content (AvgIpc) is 3.11. The number of hydrogen-bond acceptors (Lipinski definition) is 6. The minimum absolute atomic E-state index is 0.0264. The lowest BCUT2D eigenvalue weighted by atomic mass is 9.86. The first kappa shape index (κ1) is 34.9. The van der Waals surface area contributed by atoms with E-state index in [4.69, 9.17) is 14.2 Å². The Morgan fingerprint density at radius 1 is 0.938 bits per heavy atom. The molecule has 1 heterocycles. The molecule has 1 aliphatic heterocycles. The normalized spacial score (nSPS) is 17.8. The summed E-state index contributed by atoms with van der Waals surface area (Å²) in [5.41, 5.74) is 2.94. The van der Waals surface area contributed by atoms with Crippen molar-refractivity contribution >= 4 is 30.8 Å². The zero-order chi connectivity index (χ0) is 34.3. The van der Waals surface area contributed by atoms with Crippen LogP contribution in [0.25, 0.3) is 0 Å². The first-order chi connectivity index (χ1) is 23.2. The molecule has 0 radical (unpaired) electrons. The van der Waals surface area contributed by atoms with Crippen molar-refractivity contribution in [1.29, 1.82) is 0 Å². The number of amides is 2. The van der Waals surface area contributed by atoms with Gasteiger partial charge in [0.1, 0.15) is 17.6 Å². The quantitative estimate of drug-likeness (QED) is 0.160. The van der Waals surface area contributed by atoms with Crippen LogP contribution in [0, 0.1) is 5.92 Å². The van der Waals surface area contributed by atoms with Crippen LogP contribution in [-0.2, 0) is 16.1 Å². The van der Waals surface area contributed by atoms with Crippen LogP contribution in [0.2, 0.25) is 18.6 Å². The number of benzene rings is 4. The number of fused-ring (bicyclic) bond motifs is 1. The minimum atomic E-state index is -2.43. The molecule has 48 heavy (non-hydrogen) atoms. The van der Waals surface area contributed by atoms with E-state index >= 15 is 0 Å². The first-order valence-corrected chi connectivity index (χ1v) is 19.5. The smallest absolute Gasteiger partial charge is 0.255 e. The largest absolute Gasteiger partial charge is 0.497 e. The van der Waals surface area contributed by atoms with Crippen LogP contribution in [0.3, 0.4) is 0 Å². The van der Waals surface area contributed by atoms with Gasteiger partial charge in [-0.2, -0.15) is 0 Å². The lowest BCUT2D eigenvalue weighted by Crippen LogP contribution is -2.55. The van der Waals surface area contributed by atoms with E-state index in [0.29, 0.717) is 23.5 Å². The van der Waals surface area contributed by atoms with E-state index in [9.17, 15) is 14.7 Å². The number of aliphatic hydroxyl groups excluding tert-OH is 1. The van der Waals surface area contributed by atoms with Gasteiger partial charge in [-0.15, -0.1) is 0 Å². The number of ether oxygens (including phenoxy) is 3. The fourth-order valence-electron chi connectivity index (χ4n) is 6.80. The zero-order valence-corrected chi connectivity index (χ0v) is 29.4. The molecule has 252 valence electrons. The number of anilines is 1. The molecule has 9 heteroatoms. The Morgan fingerprint density at radius 2 is 1.60 bits per heavy atom. The maximum absolute atomic E-state index is 14.2. The van der Waals surface area contributed by atoms with Crippen molar-refractivity contribution in [3.8, 4) is 11.5 Å². The molecule has 8 nitrogen and oxygen atoms in total. The van der Waals surface area contributed by atoms with Gasteiger partial charge in [-0.25, -0.2) is 0 Å². The molecule has 2 amide bonds. The molecule has 1 aliphatic rings. The highest BCUT2D eigenvalue weighted by Gasteiger charge is 2.48. The molecule has 0 aliphatic carbocycles. The van der Waals surface area contributed by atoms with Crippen LogP contribution in [0.15, 0.2) is 103 Å². The van der Waals surface area contributed by atoms with Crippen molar-refractivity contribution < 1.29 is 28.9 Å². The van der Waals surface area contributed by atoms with E-state index in [2.05, 4.69) is 37.5 Å². The molecule has 4 aromatic rings. The Hall–Kier alpha value is -4.44. The highest BCUT2D eigenvalue weighted by atomic mass is 28.3. The molecule has 0 saturated carbocycles. The molecule has 4 atom stereocenters. The maximum atomic E-state index is 14.2. The van der Waals surface area contributed by atoms with Crippen molar-refractivity contribution in [1.82, 2.24) is 4.90 Å². The van der Waals surface area contributed by atoms with Crippen LogP contribution in [-0.4, -0.2) is 63.4 Å². The Labute approximate surface area is 284 Å². The highest BCUT2D eigenvalue weighted by molar-refractivity contribution is 6.91. The minimum Gasteiger partial charge on any atom is -0.497 e. The summed E-state index contributed by atoms with van der Waals surface area (Å²) in [4.78, 5) is 28.9. The lowest BCUT2D eigenvalue weighted by Gasteiger charge is -2.46. The number of aliphatic hydroxyl groups is 1. The van der Waals surface area contributed by atoms with E-state index < -0.39 is 8.07 Å². The molecule has 1 unspecified atom stereocenters. The Balaban J connectivity index is 1.48. The molecular weight excluding hydrogens is 621 g/mol. The van der Waals surface area contributed by atoms with Crippen molar-refractivity contribution in [3.05, 3.63) is 120 Å². The summed E-state index contributed by atoms with van der Waals surface area (Å²) in [6, 6.07) is 32.8. The predicted molar refractivity (Wildman–Crippen MR) is 192 cm³/mol. The SMILES string of the molecule is COc1ccc([Si](C)(C)C(CC(=O)N(CCO)Cc2ccccc2)[C@@H]2Oc3ccc(NC(=O)c4ccccc4)cc3[C@H](OC)[C@H]2C)cc1. The highest BCUT2D eigenvalue weighted by Crippen LogP contribution is 2.48. The van der Waals surface area contributed by atoms with Crippen molar-refractivity contribution in [2.24, 2.45) is 5.92 Å². The number of rotatable bonds is 13. The van der Waals surface area contributed by atoms with Crippen LogP contribution in [0.4, 0.5) is 5.69 Å². The van der Waals surface area contributed by atoms with Crippen molar-refractivity contribution in [2.45, 2.75) is 50.7 Å². The van der Waals surface area contributed by atoms with Gasteiger partial charge in [-0.1, -0.05) is 85.9 Å². The second kappa shape index (κ2) is 15.6. The third-order valence-corrected chi connectivity index (χ3v) is 13.8. The van der Waals surface area contributed by atoms with Gasteiger partial charge < -0.3 is 29.5 Å². The summed E-state index contributed by atoms with van der Waals surface area (Å²) < 4.78 is 18.5. The summed E-state index contributed by atoms with van der Waals surface area (Å²) in [7, 11) is 0.910. The fourth-order valence-corrected chi connectivity index (χ4v) is 10.1. The van der Waals surface area contributed by atoms with Crippen LogP contribution >= 0.6 is 0 Å². The third kappa shape index (κ3) is 7.81. The molecule has 0 bridgehead atoms. The number of nitrogens with zero attached hydrogens (tertiary/aromatic N) is 1. The second-order valence-electron chi connectivity index (χ2n) is 13.0. The fraction of sp³-hybridized carbons (Fsp3) is 0.333. The van der Waals surface area contributed by atoms with Gasteiger partial charge in [-0.05, 0) is 48.0 Å². The second-order valence-corrected chi connectivity index (χ2v) is 17.7. The number of carbonyl (C=O) groups is 2.